The van der Waals surface area contributed by atoms with Crippen molar-refractivity contribution in [2.45, 2.75) is 13.3 Å². The molecule has 150 valence electrons. The van der Waals surface area contributed by atoms with Crippen molar-refractivity contribution >= 4 is 33.9 Å². The van der Waals surface area contributed by atoms with Crippen LogP contribution >= 0.6 is 11.3 Å². The van der Waals surface area contributed by atoms with Crippen molar-refractivity contribution in [1.29, 1.82) is 0 Å². The standard InChI is InChI=1S/C23H20N4O2S/c1-16-6-5-9-21(24-16)27-23-26-18(15-30-23)14-22(28)25-17-10-12-20(13-11-17)29-19-7-3-2-4-8-19/h2-13,15H,14H2,1H3,(H,25,28)(H,24,26,27). The minimum atomic E-state index is -0.128. The average Bonchev–Trinajstić information content (AvgIpc) is 3.17. The van der Waals surface area contributed by atoms with Crippen LogP contribution in [0.3, 0.4) is 0 Å². The van der Waals surface area contributed by atoms with Crippen LogP contribution in [0.5, 0.6) is 11.5 Å². The number of nitrogens with one attached hydrogen (secondary N) is 2. The first-order chi connectivity index (χ1) is 14.6. The largest absolute Gasteiger partial charge is 0.457 e. The molecule has 7 heteroatoms. The van der Waals surface area contributed by atoms with Gasteiger partial charge in [-0.1, -0.05) is 24.3 Å². The van der Waals surface area contributed by atoms with E-state index in [-0.39, 0.29) is 12.3 Å². The monoisotopic (exact) mass is 416 g/mol. The number of amides is 1. The molecular formula is C23H20N4O2S. The van der Waals surface area contributed by atoms with Gasteiger partial charge in [-0.05, 0) is 55.5 Å². The van der Waals surface area contributed by atoms with Gasteiger partial charge in [-0.25, -0.2) is 9.97 Å². The van der Waals surface area contributed by atoms with Crippen molar-refractivity contribution in [3.63, 3.8) is 0 Å². The average molecular weight is 417 g/mol. The molecule has 0 bridgehead atoms. The van der Waals surface area contributed by atoms with Crippen LogP contribution in [-0.2, 0) is 11.2 Å². The zero-order valence-corrected chi connectivity index (χ0v) is 17.1. The first kappa shape index (κ1) is 19.6. The Hall–Kier alpha value is -3.71. The van der Waals surface area contributed by atoms with Gasteiger partial charge >= 0.3 is 0 Å². The van der Waals surface area contributed by atoms with E-state index in [1.807, 2.05) is 85.1 Å². The van der Waals surface area contributed by atoms with Crippen LogP contribution in [0.1, 0.15) is 11.4 Å². The summed E-state index contributed by atoms with van der Waals surface area (Å²) < 4.78 is 5.76. The molecule has 2 aromatic heterocycles. The van der Waals surface area contributed by atoms with Crippen LogP contribution in [0, 0.1) is 6.92 Å². The molecule has 1 amide bonds. The molecule has 0 atom stereocenters. The minimum Gasteiger partial charge on any atom is -0.457 e. The Morgan fingerprint density at radius 2 is 1.70 bits per heavy atom. The Kier molecular flexibility index (Phi) is 6.01. The van der Waals surface area contributed by atoms with E-state index in [9.17, 15) is 4.79 Å². The van der Waals surface area contributed by atoms with E-state index in [0.29, 0.717) is 22.3 Å². The Morgan fingerprint density at radius 3 is 2.47 bits per heavy atom. The smallest absolute Gasteiger partial charge is 0.230 e. The van der Waals surface area contributed by atoms with E-state index in [1.165, 1.54) is 11.3 Å². The van der Waals surface area contributed by atoms with E-state index < -0.39 is 0 Å². The van der Waals surface area contributed by atoms with Gasteiger partial charge in [-0.2, -0.15) is 0 Å². The molecule has 2 N–H and O–H groups in total. The quantitative estimate of drug-likeness (QED) is 0.412. The first-order valence-electron chi connectivity index (χ1n) is 9.42. The number of hydrogen-bond donors (Lipinski definition) is 2. The summed E-state index contributed by atoms with van der Waals surface area (Å²) in [4.78, 5) is 21.2. The number of rotatable bonds is 7. The third kappa shape index (κ3) is 5.42. The summed E-state index contributed by atoms with van der Waals surface area (Å²) in [7, 11) is 0. The summed E-state index contributed by atoms with van der Waals surface area (Å²) in [5.41, 5.74) is 2.34. The highest BCUT2D eigenvalue weighted by Gasteiger charge is 2.09. The Labute approximate surface area is 178 Å². The number of anilines is 3. The predicted octanol–water partition coefficient (Wildman–Crippen LogP) is 5.56. The number of aromatic nitrogens is 2. The number of nitrogens with zero attached hydrogens (tertiary/aromatic N) is 2. The van der Waals surface area contributed by atoms with Gasteiger partial charge in [0.25, 0.3) is 0 Å². The molecule has 0 aliphatic rings. The number of ether oxygens (including phenoxy) is 1. The lowest BCUT2D eigenvalue weighted by Gasteiger charge is -2.07. The van der Waals surface area contributed by atoms with Gasteiger partial charge in [-0.15, -0.1) is 11.3 Å². The highest BCUT2D eigenvalue weighted by Crippen LogP contribution is 2.23. The van der Waals surface area contributed by atoms with E-state index in [1.54, 1.807) is 0 Å². The van der Waals surface area contributed by atoms with Crippen molar-refractivity contribution in [2.75, 3.05) is 10.6 Å². The van der Waals surface area contributed by atoms with E-state index in [0.717, 1.165) is 17.3 Å². The van der Waals surface area contributed by atoms with Crippen LogP contribution in [0.15, 0.2) is 78.2 Å². The van der Waals surface area contributed by atoms with Crippen LogP contribution in [0.25, 0.3) is 0 Å². The number of para-hydroxylation sites is 1. The van der Waals surface area contributed by atoms with Gasteiger partial charge in [0.2, 0.25) is 5.91 Å². The minimum absolute atomic E-state index is 0.128. The summed E-state index contributed by atoms with van der Waals surface area (Å²) in [6.45, 7) is 1.93. The second kappa shape index (κ2) is 9.19. The maximum atomic E-state index is 12.4. The molecule has 0 aliphatic heterocycles. The second-order valence-electron chi connectivity index (χ2n) is 6.60. The van der Waals surface area contributed by atoms with Crippen LogP contribution in [0.4, 0.5) is 16.6 Å². The second-order valence-corrected chi connectivity index (χ2v) is 7.46. The van der Waals surface area contributed by atoms with Gasteiger partial charge in [0.1, 0.15) is 17.3 Å². The number of carbonyl (C=O) groups is 1. The predicted molar refractivity (Wildman–Crippen MR) is 120 cm³/mol. The van der Waals surface area contributed by atoms with Crippen molar-refractivity contribution in [3.8, 4) is 11.5 Å². The van der Waals surface area contributed by atoms with E-state index >= 15 is 0 Å². The molecule has 2 aromatic carbocycles. The molecule has 2 heterocycles. The lowest BCUT2D eigenvalue weighted by Crippen LogP contribution is -2.14. The molecule has 0 saturated carbocycles. The molecule has 0 spiro atoms. The van der Waals surface area contributed by atoms with E-state index in [2.05, 4.69) is 20.6 Å². The highest BCUT2D eigenvalue weighted by molar-refractivity contribution is 7.13. The van der Waals surface area contributed by atoms with E-state index in [4.69, 9.17) is 4.74 Å². The number of carbonyl (C=O) groups excluding carboxylic acids is 1. The van der Waals surface area contributed by atoms with Gasteiger partial charge in [0, 0.05) is 16.8 Å². The summed E-state index contributed by atoms with van der Waals surface area (Å²) >= 11 is 1.44. The highest BCUT2D eigenvalue weighted by atomic mass is 32.1. The molecular weight excluding hydrogens is 396 g/mol. The third-order valence-corrected chi connectivity index (χ3v) is 4.94. The molecule has 4 aromatic rings. The molecule has 4 rings (SSSR count). The van der Waals surface area contributed by atoms with Gasteiger partial charge < -0.3 is 15.4 Å². The Balaban J connectivity index is 1.31. The summed E-state index contributed by atoms with van der Waals surface area (Å²) in [5, 5.41) is 8.63. The fraction of sp³-hybridized carbons (Fsp3) is 0.0870. The van der Waals surface area contributed by atoms with Crippen molar-refractivity contribution < 1.29 is 9.53 Å². The van der Waals surface area contributed by atoms with Gasteiger partial charge in [0.05, 0.1) is 12.1 Å². The lowest BCUT2D eigenvalue weighted by molar-refractivity contribution is -0.115. The number of thiazole rings is 1. The van der Waals surface area contributed by atoms with Gasteiger partial charge in [-0.3, -0.25) is 4.79 Å². The Bertz CT molecular complexity index is 1130. The van der Waals surface area contributed by atoms with Crippen molar-refractivity contribution in [2.24, 2.45) is 0 Å². The van der Waals surface area contributed by atoms with Crippen molar-refractivity contribution in [1.82, 2.24) is 9.97 Å². The normalized spacial score (nSPS) is 10.4. The van der Waals surface area contributed by atoms with Crippen LogP contribution < -0.4 is 15.4 Å². The zero-order valence-electron chi connectivity index (χ0n) is 16.3. The summed E-state index contributed by atoms with van der Waals surface area (Å²) in [6, 6.07) is 22.6. The summed E-state index contributed by atoms with van der Waals surface area (Å²) in [6.07, 6.45) is 0.196. The van der Waals surface area contributed by atoms with Crippen LogP contribution in [-0.4, -0.2) is 15.9 Å². The first-order valence-corrected chi connectivity index (χ1v) is 10.3. The third-order valence-electron chi connectivity index (χ3n) is 4.13. The number of aryl methyl sites for hydroxylation is 1. The van der Waals surface area contributed by atoms with Crippen LogP contribution in [0.2, 0.25) is 0 Å². The maximum Gasteiger partial charge on any atom is 0.230 e. The topological polar surface area (TPSA) is 76.1 Å². The molecule has 0 unspecified atom stereocenters. The zero-order chi connectivity index (χ0) is 20.8. The number of pyridine rings is 1. The van der Waals surface area contributed by atoms with Gasteiger partial charge in [0.15, 0.2) is 5.13 Å². The molecule has 0 fully saturated rings. The Morgan fingerprint density at radius 1 is 0.933 bits per heavy atom. The van der Waals surface area contributed by atoms with Crippen molar-refractivity contribution in [3.05, 3.63) is 89.6 Å². The molecule has 0 aliphatic carbocycles. The molecule has 0 saturated heterocycles. The summed E-state index contributed by atoms with van der Waals surface area (Å²) in [5.74, 6) is 2.08. The number of benzene rings is 2. The maximum absolute atomic E-state index is 12.4. The fourth-order valence-electron chi connectivity index (χ4n) is 2.77. The molecule has 6 nitrogen and oxygen atoms in total. The number of hydrogen-bond acceptors (Lipinski definition) is 6. The molecule has 30 heavy (non-hydrogen) atoms. The lowest BCUT2D eigenvalue weighted by atomic mass is 10.2. The SMILES string of the molecule is Cc1cccc(Nc2nc(CC(=O)Nc3ccc(Oc4ccccc4)cc3)cs2)n1. The molecule has 0 radical (unpaired) electrons. The fourth-order valence-corrected chi connectivity index (χ4v) is 3.49.